The van der Waals surface area contributed by atoms with Crippen LogP contribution in [0.3, 0.4) is 0 Å². The van der Waals surface area contributed by atoms with Crippen LogP contribution in [0.4, 0.5) is 0 Å². The first kappa shape index (κ1) is 29.1. The van der Waals surface area contributed by atoms with Crippen molar-refractivity contribution in [3.63, 3.8) is 0 Å². The fourth-order valence-corrected chi connectivity index (χ4v) is 4.04. The Balaban J connectivity index is 3.15. The highest BCUT2D eigenvalue weighted by Gasteiger charge is 2.53. The van der Waals surface area contributed by atoms with Crippen LogP contribution in [0.15, 0.2) is 30.3 Å². The normalized spacial score (nSPS) is 16.4. The van der Waals surface area contributed by atoms with Gasteiger partial charge >= 0.3 is 11.9 Å². The molecule has 9 nitrogen and oxygen atoms in total. The molecule has 0 spiro atoms. The van der Waals surface area contributed by atoms with E-state index < -0.39 is 46.7 Å². The Bertz CT molecular complexity index is 846. The summed E-state index contributed by atoms with van der Waals surface area (Å²) in [4.78, 5) is 50.4. The molecule has 0 fully saturated rings. The standard InChI is InChI=1S/C25H39N3O6/c1-5-24(3,22(33)27-18(20(29)30)14-10-11-15-26)25(4,6-2)23(34)28-19(21(31)32)16-17-12-8-7-9-13-17/h7-9,12-13,18-19H,5-6,10-11,14-16,26H2,1-4H3,(H,27,33)(H,28,34)(H,29,30)(H,31,32). The monoisotopic (exact) mass is 477 g/mol. The maximum atomic E-state index is 13.5. The van der Waals surface area contributed by atoms with Crippen LogP contribution < -0.4 is 16.4 Å². The summed E-state index contributed by atoms with van der Waals surface area (Å²) in [5, 5.41) is 24.5. The van der Waals surface area contributed by atoms with E-state index in [-0.39, 0.29) is 25.7 Å². The third-order valence-corrected chi connectivity index (χ3v) is 7.07. The Kier molecular flexibility index (Phi) is 11.2. The van der Waals surface area contributed by atoms with Gasteiger partial charge in [0, 0.05) is 6.42 Å². The van der Waals surface area contributed by atoms with Gasteiger partial charge in [-0.3, -0.25) is 9.59 Å². The zero-order valence-electron chi connectivity index (χ0n) is 20.6. The summed E-state index contributed by atoms with van der Waals surface area (Å²) in [7, 11) is 0. The Labute approximate surface area is 201 Å². The van der Waals surface area contributed by atoms with Gasteiger partial charge in [-0.1, -0.05) is 44.2 Å². The predicted molar refractivity (Wildman–Crippen MR) is 129 cm³/mol. The van der Waals surface area contributed by atoms with Gasteiger partial charge in [-0.15, -0.1) is 0 Å². The largest absolute Gasteiger partial charge is 0.480 e. The van der Waals surface area contributed by atoms with Crippen LogP contribution in [0.2, 0.25) is 0 Å². The van der Waals surface area contributed by atoms with Gasteiger partial charge in [-0.2, -0.15) is 0 Å². The number of nitrogens with two attached hydrogens (primary N) is 1. The second-order valence-corrected chi connectivity index (χ2v) is 9.07. The molecule has 2 amide bonds. The maximum Gasteiger partial charge on any atom is 0.326 e. The fraction of sp³-hybridized carbons (Fsp3) is 0.600. The highest BCUT2D eigenvalue weighted by Crippen LogP contribution is 2.45. The number of carbonyl (C=O) groups is 4. The lowest BCUT2D eigenvalue weighted by Gasteiger charge is -2.44. The van der Waals surface area contributed by atoms with E-state index >= 15 is 0 Å². The average molecular weight is 478 g/mol. The Morgan fingerprint density at radius 1 is 0.853 bits per heavy atom. The summed E-state index contributed by atoms with van der Waals surface area (Å²) >= 11 is 0. The molecule has 1 aromatic carbocycles. The Morgan fingerprint density at radius 3 is 1.74 bits per heavy atom. The molecular weight excluding hydrogens is 438 g/mol. The summed E-state index contributed by atoms with van der Waals surface area (Å²) in [5.74, 6) is -3.44. The highest BCUT2D eigenvalue weighted by molar-refractivity contribution is 5.96. The second-order valence-electron chi connectivity index (χ2n) is 9.07. The van der Waals surface area contributed by atoms with Crippen molar-refractivity contribution in [2.24, 2.45) is 16.6 Å². The molecule has 9 heteroatoms. The van der Waals surface area contributed by atoms with Gasteiger partial charge in [0.25, 0.3) is 0 Å². The van der Waals surface area contributed by atoms with Crippen LogP contribution in [-0.2, 0) is 25.6 Å². The zero-order chi connectivity index (χ0) is 25.9. The number of rotatable bonds is 15. The van der Waals surface area contributed by atoms with Crippen molar-refractivity contribution < 1.29 is 29.4 Å². The topological polar surface area (TPSA) is 159 Å². The molecule has 0 bridgehead atoms. The third-order valence-electron chi connectivity index (χ3n) is 7.07. The number of amides is 2. The van der Waals surface area contributed by atoms with Crippen molar-refractivity contribution in [2.45, 2.75) is 78.3 Å². The highest BCUT2D eigenvalue weighted by atomic mass is 16.4. The summed E-state index contributed by atoms with van der Waals surface area (Å²) in [5.41, 5.74) is 3.68. The second kappa shape index (κ2) is 13.1. The molecule has 0 aliphatic rings. The number of carbonyl (C=O) groups excluding carboxylic acids is 2. The van der Waals surface area contributed by atoms with Crippen LogP contribution in [0, 0.1) is 10.8 Å². The lowest BCUT2D eigenvalue weighted by Crippen LogP contribution is -2.59. The molecule has 0 aliphatic carbocycles. The number of carboxylic acid groups (broad SMARTS) is 2. The molecule has 190 valence electrons. The molecule has 4 unspecified atom stereocenters. The van der Waals surface area contributed by atoms with Gasteiger partial charge in [0.05, 0.1) is 10.8 Å². The third kappa shape index (κ3) is 7.03. The quantitative estimate of drug-likeness (QED) is 0.242. The van der Waals surface area contributed by atoms with E-state index in [9.17, 15) is 29.4 Å². The lowest BCUT2D eigenvalue weighted by molar-refractivity contribution is -0.155. The molecule has 6 N–H and O–H groups in total. The Hall–Kier alpha value is -2.94. The lowest BCUT2D eigenvalue weighted by atomic mass is 9.61. The summed E-state index contributed by atoms with van der Waals surface area (Å²) in [6, 6.07) is 6.68. The molecule has 1 rings (SSSR count). The van der Waals surface area contributed by atoms with Crippen LogP contribution in [0.5, 0.6) is 0 Å². The predicted octanol–water partition coefficient (Wildman–Crippen LogP) is 2.33. The smallest absolute Gasteiger partial charge is 0.326 e. The molecular formula is C25H39N3O6. The van der Waals surface area contributed by atoms with Crippen LogP contribution in [0.1, 0.15) is 65.4 Å². The van der Waals surface area contributed by atoms with Crippen LogP contribution in [-0.4, -0.2) is 52.6 Å². The maximum absolute atomic E-state index is 13.5. The van der Waals surface area contributed by atoms with E-state index in [1.54, 1.807) is 52.0 Å². The van der Waals surface area contributed by atoms with Crippen molar-refractivity contribution in [1.29, 1.82) is 0 Å². The van der Waals surface area contributed by atoms with Gasteiger partial charge in [-0.25, -0.2) is 9.59 Å². The summed E-state index contributed by atoms with van der Waals surface area (Å²) in [6.07, 6.45) is 2.01. The molecule has 0 aliphatic heterocycles. The number of carboxylic acids is 2. The number of hydrogen-bond donors (Lipinski definition) is 5. The molecule has 34 heavy (non-hydrogen) atoms. The van der Waals surface area contributed by atoms with Gasteiger partial charge in [0.15, 0.2) is 0 Å². The number of aliphatic carboxylic acids is 2. The van der Waals surface area contributed by atoms with Crippen molar-refractivity contribution in [3.05, 3.63) is 35.9 Å². The van der Waals surface area contributed by atoms with E-state index in [1.165, 1.54) is 0 Å². The number of hydrogen-bond acceptors (Lipinski definition) is 5. The first-order valence-electron chi connectivity index (χ1n) is 11.8. The first-order chi connectivity index (χ1) is 16.0. The molecule has 1 aromatic rings. The number of benzene rings is 1. The van der Waals surface area contributed by atoms with Gasteiger partial charge in [-0.05, 0) is 58.1 Å². The molecule has 0 saturated heterocycles. The van der Waals surface area contributed by atoms with Crippen LogP contribution in [0.25, 0.3) is 0 Å². The minimum absolute atomic E-state index is 0.0962. The van der Waals surface area contributed by atoms with E-state index in [4.69, 9.17) is 5.73 Å². The van der Waals surface area contributed by atoms with E-state index in [2.05, 4.69) is 10.6 Å². The van der Waals surface area contributed by atoms with Crippen molar-refractivity contribution in [3.8, 4) is 0 Å². The number of unbranched alkanes of at least 4 members (excludes halogenated alkanes) is 1. The summed E-state index contributed by atoms with van der Waals surface area (Å²) in [6.45, 7) is 7.18. The minimum atomic E-state index is -1.28. The van der Waals surface area contributed by atoms with Gasteiger partial charge < -0.3 is 26.6 Å². The molecule has 0 heterocycles. The van der Waals surface area contributed by atoms with Gasteiger partial charge in [0.2, 0.25) is 11.8 Å². The molecule has 0 saturated carbocycles. The summed E-state index contributed by atoms with van der Waals surface area (Å²) < 4.78 is 0. The van der Waals surface area contributed by atoms with Crippen molar-refractivity contribution in [2.75, 3.05) is 6.54 Å². The van der Waals surface area contributed by atoms with Gasteiger partial charge in [0.1, 0.15) is 12.1 Å². The van der Waals surface area contributed by atoms with Crippen LogP contribution >= 0.6 is 0 Å². The zero-order valence-corrected chi connectivity index (χ0v) is 20.6. The van der Waals surface area contributed by atoms with E-state index in [1.807, 2.05) is 6.07 Å². The van der Waals surface area contributed by atoms with Crippen molar-refractivity contribution >= 4 is 23.8 Å². The SMILES string of the molecule is CCC(C)(C(=O)NC(CCCCN)C(=O)O)C(C)(CC)C(=O)NC(Cc1ccccc1)C(=O)O. The Morgan fingerprint density at radius 2 is 1.32 bits per heavy atom. The van der Waals surface area contributed by atoms with E-state index in [0.717, 1.165) is 5.56 Å². The number of nitrogens with one attached hydrogen (secondary N) is 2. The molecule has 0 radical (unpaired) electrons. The molecule has 4 atom stereocenters. The average Bonchev–Trinajstić information content (AvgIpc) is 2.82. The van der Waals surface area contributed by atoms with Crippen molar-refractivity contribution in [1.82, 2.24) is 10.6 Å². The minimum Gasteiger partial charge on any atom is -0.480 e. The first-order valence-corrected chi connectivity index (χ1v) is 11.8. The van der Waals surface area contributed by atoms with E-state index in [0.29, 0.717) is 19.4 Å². The molecule has 0 aromatic heterocycles. The fourth-order valence-electron chi connectivity index (χ4n) is 4.04.